The molecule has 0 radical (unpaired) electrons. The van der Waals surface area contributed by atoms with Crippen LogP contribution in [0.25, 0.3) is 11.5 Å². The van der Waals surface area contributed by atoms with E-state index in [0.29, 0.717) is 18.8 Å². The van der Waals surface area contributed by atoms with Gasteiger partial charge in [-0.1, -0.05) is 12.1 Å². The third kappa shape index (κ3) is 4.43. The fourth-order valence-corrected chi connectivity index (χ4v) is 3.43. The Bertz CT molecular complexity index is 1100. The van der Waals surface area contributed by atoms with Gasteiger partial charge in [0, 0.05) is 29.9 Å². The molecule has 0 saturated carbocycles. The predicted octanol–water partition coefficient (Wildman–Crippen LogP) is 4.05. The molecule has 6 nitrogen and oxygen atoms in total. The van der Waals surface area contributed by atoms with E-state index in [2.05, 4.69) is 10.2 Å². The van der Waals surface area contributed by atoms with Gasteiger partial charge in [0.15, 0.2) is 0 Å². The lowest BCUT2D eigenvalue weighted by atomic mass is 9.98. The molecule has 4 rings (SSSR count). The van der Waals surface area contributed by atoms with Crippen molar-refractivity contribution in [3.63, 3.8) is 0 Å². The van der Waals surface area contributed by atoms with Crippen LogP contribution < -0.4 is 4.90 Å². The van der Waals surface area contributed by atoms with Gasteiger partial charge < -0.3 is 14.2 Å². The zero-order chi connectivity index (χ0) is 22.1. The molecule has 1 fully saturated rings. The maximum Gasteiger partial charge on any atom is 0.314 e. The highest BCUT2D eigenvalue weighted by Crippen LogP contribution is 2.28. The van der Waals surface area contributed by atoms with Crippen LogP contribution in [0.5, 0.6) is 0 Å². The van der Waals surface area contributed by atoms with Crippen molar-refractivity contribution in [2.75, 3.05) is 25.0 Å². The molecule has 10 heteroatoms. The van der Waals surface area contributed by atoms with Crippen LogP contribution >= 0.6 is 0 Å². The van der Waals surface area contributed by atoms with Crippen LogP contribution in [0.2, 0.25) is 0 Å². The van der Waals surface area contributed by atoms with E-state index in [0.717, 1.165) is 6.07 Å². The van der Waals surface area contributed by atoms with Crippen LogP contribution in [-0.4, -0.2) is 41.1 Å². The van der Waals surface area contributed by atoms with Gasteiger partial charge in [0.25, 0.3) is 5.89 Å². The second kappa shape index (κ2) is 8.46. The van der Waals surface area contributed by atoms with Crippen molar-refractivity contribution >= 4 is 11.6 Å². The van der Waals surface area contributed by atoms with Gasteiger partial charge in [-0.25, -0.2) is 8.78 Å². The Morgan fingerprint density at radius 3 is 2.58 bits per heavy atom. The normalized spacial score (nSPS) is 14.6. The Morgan fingerprint density at radius 1 is 1.19 bits per heavy atom. The molecule has 0 atom stereocenters. The van der Waals surface area contributed by atoms with Gasteiger partial charge in [-0.05, 0) is 37.4 Å². The quantitative estimate of drug-likeness (QED) is 0.548. The molecular weight excluding hydrogens is 416 g/mol. The molecule has 1 aliphatic rings. The molecule has 1 aliphatic heterocycles. The fourth-order valence-electron chi connectivity index (χ4n) is 3.43. The van der Waals surface area contributed by atoms with Gasteiger partial charge in [-0.2, -0.15) is 8.78 Å². The molecule has 0 aliphatic carbocycles. The SMILES string of the molecule is CN1CC(C(=O)N(Cc2ccc(-c3nnc(C(F)F)o3)cc2F)c2cccc(F)c2)C1. The number of hydrogen-bond acceptors (Lipinski definition) is 5. The summed E-state index contributed by atoms with van der Waals surface area (Å²) in [4.78, 5) is 16.3. The first kappa shape index (κ1) is 21.0. The van der Waals surface area contributed by atoms with E-state index in [-0.39, 0.29) is 35.4 Å². The number of halogens is 4. The van der Waals surface area contributed by atoms with Crippen LogP contribution in [0.3, 0.4) is 0 Å². The van der Waals surface area contributed by atoms with E-state index in [1.165, 1.54) is 35.2 Å². The van der Waals surface area contributed by atoms with Crippen molar-refractivity contribution in [3.8, 4) is 11.5 Å². The topological polar surface area (TPSA) is 62.5 Å². The van der Waals surface area contributed by atoms with Crippen LogP contribution in [-0.2, 0) is 11.3 Å². The first-order chi connectivity index (χ1) is 14.8. The fraction of sp³-hybridized carbons (Fsp3) is 0.286. The summed E-state index contributed by atoms with van der Waals surface area (Å²) in [7, 11) is 1.88. The highest BCUT2D eigenvalue weighted by Gasteiger charge is 2.34. The number of anilines is 1. The average Bonchev–Trinajstić information content (AvgIpc) is 3.21. The number of benzene rings is 2. The number of hydrogen-bond donors (Lipinski definition) is 0. The molecule has 0 unspecified atom stereocenters. The Kier molecular flexibility index (Phi) is 5.73. The maximum absolute atomic E-state index is 14.8. The van der Waals surface area contributed by atoms with Gasteiger partial charge in [-0.3, -0.25) is 4.79 Å². The molecule has 1 amide bonds. The van der Waals surface area contributed by atoms with E-state index in [4.69, 9.17) is 4.42 Å². The first-order valence-corrected chi connectivity index (χ1v) is 9.47. The summed E-state index contributed by atoms with van der Waals surface area (Å²) >= 11 is 0. The number of aromatic nitrogens is 2. The highest BCUT2D eigenvalue weighted by atomic mass is 19.3. The van der Waals surface area contributed by atoms with Crippen molar-refractivity contribution in [2.45, 2.75) is 13.0 Å². The Morgan fingerprint density at radius 2 is 1.97 bits per heavy atom. The summed E-state index contributed by atoms with van der Waals surface area (Å²) in [5.74, 6) is -2.78. The minimum Gasteiger partial charge on any atom is -0.415 e. The molecule has 1 aromatic heterocycles. The molecule has 2 heterocycles. The van der Waals surface area contributed by atoms with E-state index in [1.807, 2.05) is 11.9 Å². The van der Waals surface area contributed by atoms with E-state index >= 15 is 0 Å². The molecule has 0 spiro atoms. The van der Waals surface area contributed by atoms with Gasteiger partial charge >= 0.3 is 6.43 Å². The number of rotatable bonds is 6. The summed E-state index contributed by atoms with van der Waals surface area (Å²) in [6, 6.07) is 9.46. The Labute approximate surface area is 175 Å². The lowest BCUT2D eigenvalue weighted by Crippen LogP contribution is -2.52. The minimum atomic E-state index is -2.93. The van der Waals surface area contributed by atoms with Gasteiger partial charge in [0.1, 0.15) is 11.6 Å². The Hall–Kier alpha value is -3.27. The Balaban J connectivity index is 1.60. The number of carbonyl (C=O) groups is 1. The zero-order valence-corrected chi connectivity index (χ0v) is 16.4. The molecular formula is C21H18F4N4O2. The maximum atomic E-state index is 14.8. The van der Waals surface area contributed by atoms with Gasteiger partial charge in [-0.15, -0.1) is 10.2 Å². The van der Waals surface area contributed by atoms with Crippen LogP contribution in [0.15, 0.2) is 46.9 Å². The summed E-state index contributed by atoms with van der Waals surface area (Å²) < 4.78 is 58.7. The number of carbonyl (C=O) groups excluding carboxylic acids is 1. The van der Waals surface area contributed by atoms with E-state index in [9.17, 15) is 22.4 Å². The molecule has 1 saturated heterocycles. The standard InChI is InChI=1S/C21H18F4N4O2/c1-28-9-14(10-28)21(30)29(16-4-2-3-15(22)8-16)11-13-6-5-12(7-17(13)23)19-26-27-20(31-19)18(24)25/h2-8,14,18H,9-11H2,1H3. The lowest BCUT2D eigenvalue weighted by molar-refractivity contribution is -0.127. The van der Waals surface area contributed by atoms with Crippen molar-refractivity contribution in [1.29, 1.82) is 0 Å². The zero-order valence-electron chi connectivity index (χ0n) is 16.4. The van der Waals surface area contributed by atoms with E-state index < -0.39 is 24.0 Å². The van der Waals surface area contributed by atoms with Crippen LogP contribution in [0, 0.1) is 17.6 Å². The van der Waals surface area contributed by atoms with E-state index in [1.54, 1.807) is 6.07 Å². The molecule has 162 valence electrons. The van der Waals surface area contributed by atoms with Gasteiger partial charge in [0.2, 0.25) is 11.8 Å². The summed E-state index contributed by atoms with van der Waals surface area (Å²) in [5.41, 5.74) is 0.619. The monoisotopic (exact) mass is 434 g/mol. The van der Waals surface area contributed by atoms with Crippen LogP contribution in [0.4, 0.5) is 23.2 Å². The van der Waals surface area contributed by atoms with Crippen LogP contribution in [0.1, 0.15) is 17.9 Å². The predicted molar refractivity (Wildman–Crippen MR) is 103 cm³/mol. The van der Waals surface area contributed by atoms with Crippen molar-refractivity contribution in [1.82, 2.24) is 15.1 Å². The molecule has 31 heavy (non-hydrogen) atoms. The third-order valence-electron chi connectivity index (χ3n) is 5.06. The lowest BCUT2D eigenvalue weighted by Gasteiger charge is -2.38. The second-order valence-electron chi connectivity index (χ2n) is 7.37. The molecule has 3 aromatic rings. The highest BCUT2D eigenvalue weighted by molar-refractivity contribution is 5.95. The summed E-state index contributed by atoms with van der Waals surface area (Å²) in [5, 5.41) is 6.72. The minimum absolute atomic E-state index is 0.124. The van der Waals surface area contributed by atoms with Crippen molar-refractivity contribution < 1.29 is 26.8 Å². The van der Waals surface area contributed by atoms with Gasteiger partial charge in [0.05, 0.1) is 12.5 Å². The molecule has 2 aromatic carbocycles. The second-order valence-corrected chi connectivity index (χ2v) is 7.37. The number of nitrogens with zero attached hydrogens (tertiary/aromatic N) is 4. The van der Waals surface area contributed by atoms with Crippen molar-refractivity contribution in [3.05, 3.63) is 65.6 Å². The summed E-state index contributed by atoms with van der Waals surface area (Å²) in [6.07, 6.45) is -2.93. The number of amides is 1. The number of alkyl halides is 2. The van der Waals surface area contributed by atoms with Crippen molar-refractivity contribution in [2.24, 2.45) is 5.92 Å². The average molecular weight is 434 g/mol. The smallest absolute Gasteiger partial charge is 0.314 e. The third-order valence-corrected chi connectivity index (χ3v) is 5.06. The summed E-state index contributed by atoms with van der Waals surface area (Å²) in [6.45, 7) is 1.01. The largest absolute Gasteiger partial charge is 0.415 e. The number of likely N-dealkylation sites (tertiary alicyclic amines) is 1. The molecule has 0 bridgehead atoms. The first-order valence-electron chi connectivity index (χ1n) is 9.47. The molecule has 0 N–H and O–H groups in total.